The van der Waals surface area contributed by atoms with E-state index in [9.17, 15) is 33.2 Å². The Labute approximate surface area is 254 Å². The zero-order valence-electron chi connectivity index (χ0n) is 23.8. The second-order valence-corrected chi connectivity index (χ2v) is 10.7. The number of anilines is 1. The highest BCUT2D eigenvalue weighted by atomic mass is 19.4. The van der Waals surface area contributed by atoms with Gasteiger partial charge in [-0.15, -0.1) is 0 Å². The van der Waals surface area contributed by atoms with Gasteiger partial charge in [-0.05, 0) is 30.0 Å². The lowest BCUT2D eigenvalue weighted by molar-refractivity contribution is -0.384. The number of ether oxygens (including phenoxy) is 2. The van der Waals surface area contributed by atoms with E-state index in [1.54, 1.807) is 4.90 Å². The minimum absolute atomic E-state index is 0.0513. The largest absolute Gasteiger partial charge is 0.490 e. The summed E-state index contributed by atoms with van der Waals surface area (Å²) in [7, 11) is 0. The van der Waals surface area contributed by atoms with Crippen LogP contribution >= 0.6 is 0 Å². The van der Waals surface area contributed by atoms with Crippen LogP contribution in [0.25, 0.3) is 0 Å². The number of nitro groups is 1. The van der Waals surface area contributed by atoms with E-state index in [1.165, 1.54) is 12.1 Å². The van der Waals surface area contributed by atoms with Crippen LogP contribution in [0.1, 0.15) is 42.4 Å². The first kappa shape index (κ1) is 33.3. The lowest BCUT2D eigenvalue weighted by Gasteiger charge is -2.41. The summed E-state index contributed by atoms with van der Waals surface area (Å²) >= 11 is 0. The summed E-state index contributed by atoms with van der Waals surface area (Å²) < 4.78 is 59.9. The Morgan fingerprint density at radius 3 is 1.71 bits per heavy atom. The van der Waals surface area contributed by atoms with E-state index in [4.69, 9.17) is 19.4 Å². The molecule has 45 heavy (non-hydrogen) atoms. The molecule has 3 aromatic rings. The molecular weight excluding hydrogens is 604 g/mol. The van der Waals surface area contributed by atoms with Crippen LogP contribution in [-0.2, 0) is 37.6 Å². The zero-order valence-corrected chi connectivity index (χ0v) is 23.8. The average molecular weight is 635 g/mol. The third kappa shape index (κ3) is 7.57. The standard InChI is InChI=1S/C29H29FN2O6.C2HF3O2/c30-25-23(28(27(33)34)13-15-29(16-14-28)37-17-18-38-29)11-12-24(32(35)36)26(25)31(19-21-7-3-1-4-8-21)20-22-9-5-2-6-10-22;3-2(4,5)1(6)7/h1-12H,13-20H2,(H,33,34);(H,6,7). The predicted molar refractivity (Wildman–Crippen MR) is 152 cm³/mol. The van der Waals surface area contributed by atoms with Gasteiger partial charge in [-0.3, -0.25) is 14.9 Å². The van der Waals surface area contributed by atoms with E-state index in [-0.39, 0.29) is 37.2 Å². The molecule has 5 rings (SSSR count). The summed E-state index contributed by atoms with van der Waals surface area (Å²) in [6.45, 7) is 1.26. The maximum absolute atomic E-state index is 16.6. The van der Waals surface area contributed by atoms with Gasteiger partial charge in [-0.1, -0.05) is 60.7 Å². The number of aliphatic carboxylic acids is 2. The molecular formula is C31H30F4N2O8. The third-order valence-electron chi connectivity index (χ3n) is 7.89. The SMILES string of the molecule is O=C(O)C(F)(F)F.O=C(O)C1(c2ccc([N+](=O)[O-])c(N(Cc3ccccc3)Cc3ccccc3)c2F)CCC2(CC1)OCCO2. The van der Waals surface area contributed by atoms with E-state index in [0.717, 1.165) is 11.1 Å². The number of carboxylic acid groups (broad SMARTS) is 2. The second kappa shape index (κ2) is 13.6. The van der Waals surface area contributed by atoms with Gasteiger partial charge >= 0.3 is 18.1 Å². The molecule has 240 valence electrons. The molecule has 1 aliphatic heterocycles. The third-order valence-corrected chi connectivity index (χ3v) is 7.89. The molecule has 0 bridgehead atoms. The first-order chi connectivity index (χ1) is 21.3. The van der Waals surface area contributed by atoms with Crippen molar-refractivity contribution in [1.82, 2.24) is 0 Å². The maximum Gasteiger partial charge on any atom is 0.490 e. The van der Waals surface area contributed by atoms with Crippen molar-refractivity contribution in [2.24, 2.45) is 0 Å². The molecule has 1 spiro atoms. The van der Waals surface area contributed by atoms with Crippen molar-refractivity contribution in [2.75, 3.05) is 18.1 Å². The molecule has 1 saturated carbocycles. The Bertz CT molecular complexity index is 1460. The van der Waals surface area contributed by atoms with Crippen LogP contribution in [0.2, 0.25) is 0 Å². The molecule has 3 aromatic carbocycles. The van der Waals surface area contributed by atoms with E-state index in [0.29, 0.717) is 26.1 Å². The van der Waals surface area contributed by atoms with Crippen molar-refractivity contribution in [1.29, 1.82) is 0 Å². The molecule has 0 unspecified atom stereocenters. The van der Waals surface area contributed by atoms with Gasteiger partial charge in [0.25, 0.3) is 5.69 Å². The molecule has 2 aliphatic rings. The Balaban J connectivity index is 0.000000591. The number of carboxylic acids is 2. The van der Waals surface area contributed by atoms with Gasteiger partial charge < -0.3 is 24.6 Å². The number of hydrogen-bond acceptors (Lipinski definition) is 7. The quantitative estimate of drug-likeness (QED) is 0.168. The van der Waals surface area contributed by atoms with Gasteiger partial charge in [0, 0.05) is 37.6 Å². The molecule has 0 atom stereocenters. The number of nitrogens with zero attached hydrogens (tertiary/aromatic N) is 2. The van der Waals surface area contributed by atoms with Gasteiger partial charge in [0.2, 0.25) is 0 Å². The summed E-state index contributed by atoms with van der Waals surface area (Å²) in [5.41, 5.74) is -0.552. The van der Waals surface area contributed by atoms with E-state index in [2.05, 4.69) is 0 Å². The molecule has 2 fully saturated rings. The predicted octanol–water partition coefficient (Wildman–Crippen LogP) is 6.21. The van der Waals surface area contributed by atoms with Crippen LogP contribution in [-0.4, -0.2) is 52.3 Å². The molecule has 1 aliphatic carbocycles. The fourth-order valence-corrected chi connectivity index (χ4v) is 5.64. The van der Waals surface area contributed by atoms with Crippen molar-refractivity contribution < 1.29 is 51.8 Å². The summed E-state index contributed by atoms with van der Waals surface area (Å²) in [6, 6.07) is 21.1. The minimum atomic E-state index is -5.08. The Morgan fingerprint density at radius 1 is 0.844 bits per heavy atom. The maximum atomic E-state index is 16.6. The van der Waals surface area contributed by atoms with Crippen LogP contribution in [0.3, 0.4) is 0 Å². The van der Waals surface area contributed by atoms with Crippen LogP contribution in [0.5, 0.6) is 0 Å². The Kier molecular flexibility index (Phi) is 10.1. The van der Waals surface area contributed by atoms with Gasteiger partial charge in [-0.2, -0.15) is 13.2 Å². The van der Waals surface area contributed by atoms with E-state index >= 15 is 4.39 Å². The highest BCUT2D eigenvalue weighted by Crippen LogP contribution is 2.49. The fraction of sp³-hybridized carbons (Fsp3) is 0.355. The van der Waals surface area contributed by atoms with Crippen molar-refractivity contribution in [3.8, 4) is 0 Å². The first-order valence-corrected chi connectivity index (χ1v) is 13.9. The number of hydrogen-bond donors (Lipinski definition) is 2. The van der Waals surface area contributed by atoms with Crippen LogP contribution in [0.4, 0.5) is 28.9 Å². The molecule has 0 aromatic heterocycles. The monoisotopic (exact) mass is 634 g/mol. The van der Waals surface area contributed by atoms with Gasteiger partial charge in [0.15, 0.2) is 17.3 Å². The molecule has 2 N–H and O–H groups in total. The smallest absolute Gasteiger partial charge is 0.481 e. The van der Waals surface area contributed by atoms with E-state index < -0.39 is 45.7 Å². The molecule has 1 saturated heterocycles. The number of alkyl halides is 3. The molecule has 10 nitrogen and oxygen atoms in total. The summed E-state index contributed by atoms with van der Waals surface area (Å²) in [4.78, 5) is 34.7. The summed E-state index contributed by atoms with van der Waals surface area (Å²) in [6.07, 6.45) is -4.31. The average Bonchev–Trinajstić information content (AvgIpc) is 3.46. The lowest BCUT2D eigenvalue weighted by atomic mass is 9.67. The van der Waals surface area contributed by atoms with Crippen LogP contribution < -0.4 is 4.90 Å². The first-order valence-electron chi connectivity index (χ1n) is 13.9. The number of carbonyl (C=O) groups is 2. The second-order valence-electron chi connectivity index (χ2n) is 10.7. The normalized spacial score (nSPS) is 16.8. The van der Waals surface area contributed by atoms with Crippen LogP contribution in [0.15, 0.2) is 72.8 Å². The topological polar surface area (TPSA) is 139 Å². The fourth-order valence-electron chi connectivity index (χ4n) is 5.64. The summed E-state index contributed by atoms with van der Waals surface area (Å²) in [5, 5.41) is 29.6. The summed E-state index contributed by atoms with van der Waals surface area (Å²) in [5.74, 6) is -5.64. The number of benzene rings is 3. The number of rotatable bonds is 8. The van der Waals surface area contributed by atoms with Crippen molar-refractivity contribution in [3.63, 3.8) is 0 Å². The Morgan fingerprint density at radius 2 is 1.31 bits per heavy atom. The minimum Gasteiger partial charge on any atom is -0.481 e. The lowest BCUT2D eigenvalue weighted by Crippen LogP contribution is -2.47. The zero-order chi connectivity index (χ0) is 32.8. The van der Waals surface area contributed by atoms with Crippen molar-refractivity contribution in [2.45, 2.75) is 56.2 Å². The molecule has 14 heteroatoms. The molecule has 1 heterocycles. The number of halogens is 4. The van der Waals surface area contributed by atoms with Gasteiger partial charge in [0.05, 0.1) is 23.6 Å². The van der Waals surface area contributed by atoms with E-state index in [1.807, 2.05) is 60.7 Å². The highest BCUT2D eigenvalue weighted by Gasteiger charge is 2.52. The highest BCUT2D eigenvalue weighted by molar-refractivity contribution is 5.83. The molecule has 0 radical (unpaired) electrons. The molecule has 0 amide bonds. The number of nitro benzene ring substituents is 1. The van der Waals surface area contributed by atoms with Gasteiger partial charge in [0.1, 0.15) is 0 Å². The van der Waals surface area contributed by atoms with Gasteiger partial charge in [-0.25, -0.2) is 9.18 Å². The van der Waals surface area contributed by atoms with Crippen molar-refractivity contribution >= 4 is 23.3 Å². The van der Waals surface area contributed by atoms with Crippen LogP contribution in [0, 0.1) is 15.9 Å². The Hall–Kier alpha value is -4.56. The van der Waals surface area contributed by atoms with Crippen molar-refractivity contribution in [3.05, 3.63) is 105 Å².